The first kappa shape index (κ1) is 33.6. The molecule has 46 heavy (non-hydrogen) atoms. The Bertz CT molecular complexity index is 1820. The molecule has 7 nitrogen and oxygen atoms in total. The number of nitrogens with two attached hydrogens (primary N) is 1. The third-order valence-corrected chi connectivity index (χ3v) is 10.5. The molecule has 0 aromatic heterocycles. The summed E-state index contributed by atoms with van der Waals surface area (Å²) in [5.41, 5.74) is 8.45. The SMILES string of the molecule is CS(=O)c1ccccc1C1CCN(CCC(CN(CC(N)=O)C(=O)c2cc(C#N)cc3ccccc23)c2ccc(Cl)c(Cl)c2)CC1. The third kappa shape index (κ3) is 7.97. The fraction of sp³-hybridized carbons (Fsp3) is 0.306. The first-order valence-corrected chi connectivity index (χ1v) is 17.6. The zero-order chi connectivity index (χ0) is 32.8. The molecule has 1 aliphatic rings. The highest BCUT2D eigenvalue weighted by Crippen LogP contribution is 2.34. The van der Waals surface area contributed by atoms with Crippen LogP contribution in [0.5, 0.6) is 0 Å². The van der Waals surface area contributed by atoms with E-state index in [1.807, 2.05) is 54.6 Å². The van der Waals surface area contributed by atoms with Crippen LogP contribution in [-0.4, -0.2) is 64.8 Å². The molecule has 238 valence electrons. The van der Waals surface area contributed by atoms with Crippen molar-refractivity contribution in [2.45, 2.75) is 36.0 Å². The van der Waals surface area contributed by atoms with Crippen molar-refractivity contribution in [1.82, 2.24) is 9.80 Å². The normalized spacial score (nSPS) is 15.3. The molecule has 0 spiro atoms. The van der Waals surface area contributed by atoms with E-state index in [0.717, 1.165) is 48.3 Å². The minimum absolute atomic E-state index is 0.176. The van der Waals surface area contributed by atoms with E-state index in [1.54, 1.807) is 24.5 Å². The van der Waals surface area contributed by atoms with Gasteiger partial charge in [-0.05, 0) is 97.0 Å². The molecule has 2 N–H and O–H groups in total. The third-order valence-electron chi connectivity index (χ3n) is 8.76. The van der Waals surface area contributed by atoms with Gasteiger partial charge in [-0.2, -0.15) is 5.26 Å². The Morgan fingerprint density at radius 3 is 2.43 bits per heavy atom. The molecule has 4 aromatic rings. The monoisotopic (exact) mass is 674 g/mol. The van der Waals surface area contributed by atoms with Gasteiger partial charge in [-0.25, -0.2) is 0 Å². The van der Waals surface area contributed by atoms with Gasteiger partial charge in [0.1, 0.15) is 0 Å². The van der Waals surface area contributed by atoms with E-state index in [4.69, 9.17) is 28.9 Å². The van der Waals surface area contributed by atoms with E-state index >= 15 is 0 Å². The minimum atomic E-state index is -1.04. The summed E-state index contributed by atoms with van der Waals surface area (Å²) in [4.78, 5) is 31.2. The van der Waals surface area contributed by atoms with Gasteiger partial charge in [-0.3, -0.25) is 13.8 Å². The van der Waals surface area contributed by atoms with Crippen molar-refractivity contribution in [2.75, 3.05) is 39.0 Å². The number of hydrogen-bond donors (Lipinski definition) is 1. The van der Waals surface area contributed by atoms with Crippen molar-refractivity contribution in [2.24, 2.45) is 5.73 Å². The Kier molecular flexibility index (Phi) is 11.1. The van der Waals surface area contributed by atoms with Crippen molar-refractivity contribution in [1.29, 1.82) is 5.26 Å². The van der Waals surface area contributed by atoms with Crippen LogP contribution in [0.1, 0.15) is 58.1 Å². The van der Waals surface area contributed by atoms with Crippen molar-refractivity contribution in [3.05, 3.63) is 111 Å². The number of primary amides is 1. The molecule has 2 atom stereocenters. The maximum Gasteiger partial charge on any atom is 0.255 e. The van der Waals surface area contributed by atoms with Crippen molar-refractivity contribution in [3.8, 4) is 6.07 Å². The molecule has 1 fully saturated rings. The number of likely N-dealkylation sites (tertiary alicyclic amines) is 1. The van der Waals surface area contributed by atoms with E-state index in [9.17, 15) is 19.1 Å². The van der Waals surface area contributed by atoms with Gasteiger partial charge >= 0.3 is 0 Å². The fourth-order valence-electron chi connectivity index (χ4n) is 6.41. The molecular weight excluding hydrogens is 639 g/mol. The summed E-state index contributed by atoms with van der Waals surface area (Å²) in [6.07, 6.45) is 4.34. The highest BCUT2D eigenvalue weighted by Gasteiger charge is 2.28. The molecule has 0 radical (unpaired) electrons. The van der Waals surface area contributed by atoms with E-state index in [2.05, 4.69) is 17.0 Å². The first-order chi connectivity index (χ1) is 22.1. The number of nitrogens with zero attached hydrogens (tertiary/aromatic N) is 3. The molecule has 1 aliphatic heterocycles. The second kappa shape index (κ2) is 15.2. The number of carbonyl (C=O) groups excluding carboxylic acids is 2. The van der Waals surface area contributed by atoms with Crippen molar-refractivity contribution >= 4 is 56.6 Å². The number of rotatable bonds is 11. The molecule has 2 unspecified atom stereocenters. The summed E-state index contributed by atoms with van der Waals surface area (Å²) in [7, 11) is -1.04. The molecule has 1 saturated heterocycles. The second-order valence-electron chi connectivity index (χ2n) is 11.8. The second-order valence-corrected chi connectivity index (χ2v) is 13.9. The van der Waals surface area contributed by atoms with Gasteiger partial charge in [0.2, 0.25) is 5.91 Å². The smallest absolute Gasteiger partial charge is 0.255 e. The van der Waals surface area contributed by atoms with Crippen LogP contribution in [0, 0.1) is 11.3 Å². The van der Waals surface area contributed by atoms with Crippen LogP contribution in [0.2, 0.25) is 10.0 Å². The van der Waals surface area contributed by atoms with Crippen LogP contribution in [0.25, 0.3) is 10.8 Å². The number of fused-ring (bicyclic) bond motifs is 1. The molecular formula is C36H36Cl2N4O3S. The van der Waals surface area contributed by atoms with E-state index in [-0.39, 0.29) is 24.9 Å². The summed E-state index contributed by atoms with van der Waals surface area (Å²) in [5.74, 6) is -0.823. The van der Waals surface area contributed by atoms with Gasteiger partial charge in [0.05, 0.1) is 39.0 Å². The van der Waals surface area contributed by atoms with Gasteiger partial charge in [0.15, 0.2) is 0 Å². The Hall–Kier alpha value is -3.74. The summed E-state index contributed by atoms with van der Waals surface area (Å²) >= 11 is 12.7. The molecule has 2 amide bonds. The molecule has 0 bridgehead atoms. The lowest BCUT2D eigenvalue weighted by Crippen LogP contribution is -2.42. The number of piperidine rings is 1. The lowest BCUT2D eigenvalue weighted by Gasteiger charge is -2.34. The predicted octanol–water partition coefficient (Wildman–Crippen LogP) is 6.74. The maximum absolute atomic E-state index is 14.1. The Morgan fingerprint density at radius 1 is 1.02 bits per heavy atom. The predicted molar refractivity (Wildman–Crippen MR) is 185 cm³/mol. The number of amides is 2. The number of benzene rings is 4. The summed E-state index contributed by atoms with van der Waals surface area (Å²) in [5, 5.41) is 12.0. The van der Waals surface area contributed by atoms with Crippen LogP contribution in [0.3, 0.4) is 0 Å². The summed E-state index contributed by atoms with van der Waals surface area (Å²) in [6, 6.07) is 26.3. The van der Waals surface area contributed by atoms with Crippen LogP contribution in [0.4, 0.5) is 0 Å². The van der Waals surface area contributed by atoms with Crippen LogP contribution >= 0.6 is 23.2 Å². The zero-order valence-electron chi connectivity index (χ0n) is 25.6. The molecule has 5 rings (SSSR count). The quantitative estimate of drug-likeness (QED) is 0.190. The Labute approximate surface area is 282 Å². The van der Waals surface area contributed by atoms with E-state index in [1.165, 1.54) is 10.5 Å². The van der Waals surface area contributed by atoms with Gasteiger partial charge in [0.25, 0.3) is 5.91 Å². The standard InChI is InChI=1S/C36H36Cl2N4O3S/c1-46(45)34-9-5-4-8-30(34)25-12-15-41(16-13-25)17-14-28(26-10-11-32(37)33(38)20-26)22-42(23-35(40)43)36(44)31-19-24(21-39)18-27-6-2-3-7-29(27)31/h2-11,18-20,25,28H,12-17,22-23H2,1H3,(H2,40,43). The fourth-order valence-corrected chi connectivity index (χ4v) is 7.55. The lowest BCUT2D eigenvalue weighted by atomic mass is 9.88. The Morgan fingerprint density at radius 2 is 1.74 bits per heavy atom. The topological polar surface area (TPSA) is 108 Å². The number of hydrogen-bond acceptors (Lipinski definition) is 5. The molecule has 4 aromatic carbocycles. The highest BCUT2D eigenvalue weighted by molar-refractivity contribution is 7.84. The molecule has 10 heteroatoms. The number of nitriles is 1. The highest BCUT2D eigenvalue weighted by atomic mass is 35.5. The largest absolute Gasteiger partial charge is 0.368 e. The average molecular weight is 676 g/mol. The van der Waals surface area contributed by atoms with Gasteiger partial charge in [-0.1, -0.05) is 71.7 Å². The number of carbonyl (C=O) groups is 2. The van der Waals surface area contributed by atoms with Gasteiger partial charge in [0, 0.05) is 29.2 Å². The van der Waals surface area contributed by atoms with E-state index < -0.39 is 16.7 Å². The average Bonchev–Trinajstić information content (AvgIpc) is 3.06. The number of halogens is 2. The summed E-state index contributed by atoms with van der Waals surface area (Å²) in [6.45, 7) is 2.49. The van der Waals surface area contributed by atoms with E-state index in [0.29, 0.717) is 38.9 Å². The van der Waals surface area contributed by atoms with Gasteiger partial charge < -0.3 is 15.5 Å². The molecule has 0 aliphatic carbocycles. The first-order valence-electron chi connectivity index (χ1n) is 15.2. The molecule has 0 saturated carbocycles. The summed E-state index contributed by atoms with van der Waals surface area (Å²) < 4.78 is 12.3. The molecule has 1 heterocycles. The zero-order valence-corrected chi connectivity index (χ0v) is 28.0. The minimum Gasteiger partial charge on any atom is -0.368 e. The maximum atomic E-state index is 14.1. The lowest BCUT2D eigenvalue weighted by molar-refractivity contribution is -0.118. The van der Waals surface area contributed by atoms with Crippen molar-refractivity contribution in [3.63, 3.8) is 0 Å². The van der Waals surface area contributed by atoms with Crippen LogP contribution in [0.15, 0.2) is 83.8 Å². The Balaban J connectivity index is 1.38. The van der Waals surface area contributed by atoms with Crippen molar-refractivity contribution < 1.29 is 13.8 Å². The van der Waals surface area contributed by atoms with Crippen LogP contribution < -0.4 is 5.73 Å². The van der Waals surface area contributed by atoms with Gasteiger partial charge in [-0.15, -0.1) is 0 Å². The van der Waals surface area contributed by atoms with Crippen LogP contribution in [-0.2, 0) is 15.6 Å².